The molecule has 0 aliphatic carbocycles. The average Bonchev–Trinajstić information content (AvgIpc) is 2.45. The second kappa shape index (κ2) is 7.19. The molecule has 0 saturated carbocycles. The lowest BCUT2D eigenvalue weighted by atomic mass is 9.96. The molecule has 112 valence electrons. The fraction of sp³-hybridized carbons (Fsp3) is 0.647. The number of hydrogen-bond acceptors (Lipinski definition) is 2. The molecule has 2 unspecified atom stereocenters. The van der Waals surface area contributed by atoms with Crippen LogP contribution >= 0.6 is 0 Å². The summed E-state index contributed by atoms with van der Waals surface area (Å²) >= 11 is 0. The Bertz CT molecular complexity index is 396. The molecule has 2 nitrogen and oxygen atoms in total. The maximum Gasteiger partial charge on any atom is 0.123 e. The Hall–Kier alpha value is -0.930. The summed E-state index contributed by atoms with van der Waals surface area (Å²) in [5.74, 6) is 0.572. The quantitative estimate of drug-likeness (QED) is 0.885. The van der Waals surface area contributed by atoms with E-state index in [1.165, 1.54) is 18.4 Å². The summed E-state index contributed by atoms with van der Waals surface area (Å²) in [4.78, 5) is 2.53. The van der Waals surface area contributed by atoms with Crippen molar-refractivity contribution in [2.24, 2.45) is 5.92 Å². The number of rotatable bonds is 5. The lowest BCUT2D eigenvalue weighted by molar-refractivity contribution is 0.126. The van der Waals surface area contributed by atoms with Crippen molar-refractivity contribution in [1.29, 1.82) is 0 Å². The average molecular weight is 278 g/mol. The van der Waals surface area contributed by atoms with Gasteiger partial charge in [0, 0.05) is 18.6 Å². The van der Waals surface area contributed by atoms with Crippen LogP contribution in [0.2, 0.25) is 0 Å². The van der Waals surface area contributed by atoms with Gasteiger partial charge in [0.25, 0.3) is 0 Å². The summed E-state index contributed by atoms with van der Waals surface area (Å²) < 4.78 is 13.1. The number of nitrogens with zero attached hydrogens (tertiary/aromatic N) is 1. The van der Waals surface area contributed by atoms with Gasteiger partial charge >= 0.3 is 0 Å². The molecule has 1 aliphatic heterocycles. The fourth-order valence-electron chi connectivity index (χ4n) is 3.13. The van der Waals surface area contributed by atoms with Gasteiger partial charge in [0.2, 0.25) is 0 Å². The minimum absolute atomic E-state index is 0.159. The van der Waals surface area contributed by atoms with Crippen LogP contribution < -0.4 is 5.32 Å². The second-order valence-corrected chi connectivity index (χ2v) is 6.23. The highest BCUT2D eigenvalue weighted by Gasteiger charge is 2.23. The Balaban J connectivity index is 2.04. The number of halogens is 1. The Morgan fingerprint density at radius 1 is 1.25 bits per heavy atom. The van der Waals surface area contributed by atoms with E-state index in [0.29, 0.717) is 12.1 Å². The highest BCUT2D eigenvalue weighted by atomic mass is 19.1. The van der Waals surface area contributed by atoms with Crippen LogP contribution in [-0.4, -0.2) is 30.6 Å². The van der Waals surface area contributed by atoms with Gasteiger partial charge < -0.3 is 5.32 Å². The first-order valence-electron chi connectivity index (χ1n) is 7.80. The third-order valence-corrected chi connectivity index (χ3v) is 4.38. The van der Waals surface area contributed by atoms with Crippen molar-refractivity contribution in [1.82, 2.24) is 10.2 Å². The van der Waals surface area contributed by atoms with Crippen molar-refractivity contribution in [3.8, 4) is 0 Å². The number of nitrogens with one attached hydrogen (secondary N) is 1. The molecule has 0 bridgehead atoms. The van der Waals surface area contributed by atoms with E-state index in [-0.39, 0.29) is 5.82 Å². The van der Waals surface area contributed by atoms with Gasteiger partial charge in [-0.2, -0.15) is 0 Å². The van der Waals surface area contributed by atoms with Crippen molar-refractivity contribution in [3.05, 3.63) is 35.6 Å². The summed E-state index contributed by atoms with van der Waals surface area (Å²) in [6.07, 6.45) is 2.59. The minimum atomic E-state index is -0.159. The maximum absolute atomic E-state index is 13.1. The molecule has 0 radical (unpaired) electrons. The Morgan fingerprint density at radius 3 is 2.50 bits per heavy atom. The normalized spacial score (nSPS) is 21.4. The molecule has 2 rings (SSSR count). The molecular weight excluding hydrogens is 251 g/mol. The standard InChI is InChI=1S/C17H27FN2/c1-13(2)20(12-15-5-4-10-19-11-15)14(3)16-6-8-17(18)9-7-16/h6-9,13-15,19H,4-5,10-12H2,1-3H3. The van der Waals surface area contributed by atoms with E-state index in [2.05, 4.69) is 31.0 Å². The van der Waals surface area contributed by atoms with Gasteiger partial charge in [-0.25, -0.2) is 4.39 Å². The molecule has 0 aromatic heterocycles. The topological polar surface area (TPSA) is 15.3 Å². The molecule has 2 atom stereocenters. The zero-order valence-electron chi connectivity index (χ0n) is 12.9. The van der Waals surface area contributed by atoms with E-state index in [1.807, 2.05) is 12.1 Å². The van der Waals surface area contributed by atoms with Crippen LogP contribution in [-0.2, 0) is 0 Å². The monoisotopic (exact) mass is 278 g/mol. The van der Waals surface area contributed by atoms with Crippen molar-refractivity contribution < 1.29 is 4.39 Å². The highest BCUT2D eigenvalue weighted by Crippen LogP contribution is 2.25. The second-order valence-electron chi connectivity index (χ2n) is 6.23. The van der Waals surface area contributed by atoms with Gasteiger partial charge in [0.15, 0.2) is 0 Å². The predicted octanol–water partition coefficient (Wildman–Crippen LogP) is 3.60. The third kappa shape index (κ3) is 4.03. The van der Waals surface area contributed by atoms with Gasteiger partial charge in [-0.3, -0.25) is 4.90 Å². The first-order chi connectivity index (χ1) is 9.58. The van der Waals surface area contributed by atoms with E-state index >= 15 is 0 Å². The largest absolute Gasteiger partial charge is 0.316 e. The van der Waals surface area contributed by atoms with Crippen LogP contribution in [0.4, 0.5) is 4.39 Å². The molecule has 1 aliphatic rings. The zero-order chi connectivity index (χ0) is 14.5. The van der Waals surface area contributed by atoms with Crippen molar-refractivity contribution in [3.63, 3.8) is 0 Å². The van der Waals surface area contributed by atoms with Crippen LogP contribution in [0, 0.1) is 11.7 Å². The van der Waals surface area contributed by atoms with E-state index < -0.39 is 0 Å². The Kier molecular flexibility index (Phi) is 5.55. The van der Waals surface area contributed by atoms with Crippen LogP contribution in [0.25, 0.3) is 0 Å². The molecule has 1 aromatic carbocycles. The van der Waals surface area contributed by atoms with Gasteiger partial charge in [0.05, 0.1) is 0 Å². The van der Waals surface area contributed by atoms with Crippen LogP contribution in [0.5, 0.6) is 0 Å². The molecule has 1 fully saturated rings. The van der Waals surface area contributed by atoms with Gasteiger partial charge in [-0.1, -0.05) is 12.1 Å². The third-order valence-electron chi connectivity index (χ3n) is 4.38. The predicted molar refractivity (Wildman–Crippen MR) is 82.3 cm³/mol. The summed E-state index contributed by atoms with van der Waals surface area (Å²) in [6, 6.07) is 7.77. The summed E-state index contributed by atoms with van der Waals surface area (Å²) in [5, 5.41) is 3.49. The van der Waals surface area contributed by atoms with E-state index in [1.54, 1.807) is 12.1 Å². The van der Waals surface area contributed by atoms with Crippen LogP contribution in [0.3, 0.4) is 0 Å². The molecule has 1 N–H and O–H groups in total. The summed E-state index contributed by atoms with van der Waals surface area (Å²) in [6.45, 7) is 10.1. The molecule has 20 heavy (non-hydrogen) atoms. The molecule has 0 amide bonds. The number of piperidine rings is 1. The Labute approximate surface area is 122 Å². The summed E-state index contributed by atoms with van der Waals surface area (Å²) in [5.41, 5.74) is 1.20. The first kappa shape index (κ1) is 15.5. The van der Waals surface area contributed by atoms with E-state index in [9.17, 15) is 4.39 Å². The SMILES string of the molecule is CC(C)N(CC1CCCNC1)C(C)c1ccc(F)cc1. The number of benzene rings is 1. The Morgan fingerprint density at radius 2 is 1.95 bits per heavy atom. The maximum atomic E-state index is 13.1. The van der Waals surface area contributed by atoms with Gasteiger partial charge in [0.1, 0.15) is 5.82 Å². The molecule has 1 aromatic rings. The molecule has 1 saturated heterocycles. The lowest BCUT2D eigenvalue weighted by Gasteiger charge is -2.37. The lowest BCUT2D eigenvalue weighted by Crippen LogP contribution is -2.42. The van der Waals surface area contributed by atoms with Crippen molar-refractivity contribution in [2.45, 2.75) is 45.7 Å². The zero-order valence-corrected chi connectivity index (χ0v) is 12.9. The molecule has 0 spiro atoms. The van der Waals surface area contributed by atoms with Crippen LogP contribution in [0.15, 0.2) is 24.3 Å². The first-order valence-corrected chi connectivity index (χ1v) is 7.80. The number of hydrogen-bond donors (Lipinski definition) is 1. The van der Waals surface area contributed by atoms with E-state index in [4.69, 9.17) is 0 Å². The summed E-state index contributed by atoms with van der Waals surface area (Å²) in [7, 11) is 0. The minimum Gasteiger partial charge on any atom is -0.316 e. The molecule has 1 heterocycles. The van der Waals surface area contributed by atoms with Crippen molar-refractivity contribution >= 4 is 0 Å². The van der Waals surface area contributed by atoms with Gasteiger partial charge in [-0.15, -0.1) is 0 Å². The van der Waals surface area contributed by atoms with Gasteiger partial charge in [-0.05, 0) is 70.3 Å². The van der Waals surface area contributed by atoms with Crippen molar-refractivity contribution in [2.75, 3.05) is 19.6 Å². The smallest absolute Gasteiger partial charge is 0.123 e. The fourth-order valence-corrected chi connectivity index (χ4v) is 3.13. The van der Waals surface area contributed by atoms with Crippen LogP contribution in [0.1, 0.15) is 45.2 Å². The molecule has 3 heteroatoms. The highest BCUT2D eigenvalue weighted by molar-refractivity contribution is 5.19. The van der Waals surface area contributed by atoms with E-state index in [0.717, 1.165) is 25.6 Å². The molecular formula is C17H27FN2.